The van der Waals surface area contributed by atoms with E-state index in [9.17, 15) is 4.79 Å². The molecule has 1 aliphatic rings. The largest absolute Gasteiger partial charge is 0.368 e. The molecule has 0 spiro atoms. The van der Waals surface area contributed by atoms with Crippen LogP contribution in [-0.4, -0.2) is 28.8 Å². The van der Waals surface area contributed by atoms with Crippen molar-refractivity contribution in [2.24, 2.45) is 5.92 Å². The molecule has 2 atom stereocenters. The van der Waals surface area contributed by atoms with Gasteiger partial charge in [-0.2, -0.15) is 5.10 Å². The lowest BCUT2D eigenvalue weighted by molar-refractivity contribution is -0.124. The van der Waals surface area contributed by atoms with E-state index in [0.29, 0.717) is 5.92 Å². The van der Waals surface area contributed by atoms with Gasteiger partial charge in [-0.1, -0.05) is 19.8 Å². The Morgan fingerprint density at radius 2 is 2.16 bits per heavy atom. The van der Waals surface area contributed by atoms with Gasteiger partial charge in [0.2, 0.25) is 5.91 Å². The molecule has 0 unspecified atom stereocenters. The van der Waals surface area contributed by atoms with Crippen LogP contribution >= 0.6 is 0 Å². The Labute approximate surface area is 114 Å². The van der Waals surface area contributed by atoms with Crippen molar-refractivity contribution in [2.75, 3.05) is 11.9 Å². The van der Waals surface area contributed by atoms with Crippen molar-refractivity contribution < 1.29 is 9.53 Å². The van der Waals surface area contributed by atoms with Crippen molar-refractivity contribution >= 4 is 11.6 Å². The first kappa shape index (κ1) is 14.1. The third-order valence-electron chi connectivity index (χ3n) is 3.85. The smallest absolute Gasteiger partial charge is 0.250 e. The van der Waals surface area contributed by atoms with Crippen molar-refractivity contribution in [3.05, 3.63) is 11.4 Å². The molecular formula is C14H23N3O2. The number of hydrogen-bond acceptors (Lipinski definition) is 3. The van der Waals surface area contributed by atoms with E-state index in [0.717, 1.165) is 23.5 Å². The van der Waals surface area contributed by atoms with Gasteiger partial charge in [-0.3, -0.25) is 9.89 Å². The summed E-state index contributed by atoms with van der Waals surface area (Å²) in [7, 11) is 0. The molecule has 0 aromatic carbocycles. The summed E-state index contributed by atoms with van der Waals surface area (Å²) in [6, 6.07) is 0. The molecule has 1 fully saturated rings. The normalized spacial score (nSPS) is 23.3. The average Bonchev–Trinajstić information content (AvgIpc) is 2.70. The fourth-order valence-electron chi connectivity index (χ4n) is 2.62. The zero-order valence-corrected chi connectivity index (χ0v) is 12.0. The van der Waals surface area contributed by atoms with E-state index in [4.69, 9.17) is 4.74 Å². The highest BCUT2D eigenvalue weighted by atomic mass is 16.5. The van der Waals surface area contributed by atoms with Gasteiger partial charge in [-0.05, 0) is 32.6 Å². The number of amides is 1. The predicted octanol–water partition coefficient (Wildman–Crippen LogP) is 2.56. The minimum Gasteiger partial charge on any atom is -0.368 e. The Morgan fingerprint density at radius 1 is 1.42 bits per heavy atom. The van der Waals surface area contributed by atoms with E-state index in [1.54, 1.807) is 0 Å². The van der Waals surface area contributed by atoms with Crippen LogP contribution in [0.1, 0.15) is 44.0 Å². The lowest BCUT2D eigenvalue weighted by atomic mass is 9.88. The highest BCUT2D eigenvalue weighted by Gasteiger charge is 2.22. The van der Waals surface area contributed by atoms with Gasteiger partial charge in [0.15, 0.2) is 0 Å². The molecule has 2 rings (SSSR count). The minimum atomic E-state index is -0.106. The van der Waals surface area contributed by atoms with Gasteiger partial charge >= 0.3 is 0 Å². The van der Waals surface area contributed by atoms with Crippen molar-refractivity contribution in [1.29, 1.82) is 0 Å². The Kier molecular flexibility index (Phi) is 4.58. The number of H-pyrrole nitrogens is 1. The van der Waals surface area contributed by atoms with Gasteiger partial charge in [0.1, 0.15) is 6.61 Å². The molecule has 5 heteroatoms. The van der Waals surface area contributed by atoms with Crippen LogP contribution in [0.15, 0.2) is 0 Å². The summed E-state index contributed by atoms with van der Waals surface area (Å²) in [5, 5.41) is 9.76. The Hall–Kier alpha value is -1.36. The number of aryl methyl sites for hydroxylation is 2. The maximum atomic E-state index is 11.9. The van der Waals surface area contributed by atoms with Gasteiger partial charge in [-0.25, -0.2) is 0 Å². The number of rotatable bonds is 4. The van der Waals surface area contributed by atoms with Crippen LogP contribution in [0.2, 0.25) is 0 Å². The molecule has 1 aliphatic carbocycles. The highest BCUT2D eigenvalue weighted by molar-refractivity contribution is 5.92. The van der Waals surface area contributed by atoms with Crippen LogP contribution in [0.4, 0.5) is 5.69 Å². The van der Waals surface area contributed by atoms with Crippen LogP contribution in [0, 0.1) is 19.8 Å². The van der Waals surface area contributed by atoms with Crippen molar-refractivity contribution in [1.82, 2.24) is 10.2 Å². The van der Waals surface area contributed by atoms with Crippen LogP contribution < -0.4 is 5.32 Å². The van der Waals surface area contributed by atoms with E-state index in [1.165, 1.54) is 19.3 Å². The average molecular weight is 265 g/mol. The summed E-state index contributed by atoms with van der Waals surface area (Å²) in [6.07, 6.45) is 4.98. The lowest BCUT2D eigenvalue weighted by Crippen LogP contribution is -2.30. The Balaban J connectivity index is 1.81. The van der Waals surface area contributed by atoms with E-state index >= 15 is 0 Å². The molecule has 1 saturated carbocycles. The second-order valence-corrected chi connectivity index (χ2v) is 5.47. The van der Waals surface area contributed by atoms with E-state index < -0.39 is 0 Å². The quantitative estimate of drug-likeness (QED) is 0.879. The summed E-state index contributed by atoms with van der Waals surface area (Å²) in [4.78, 5) is 11.9. The topological polar surface area (TPSA) is 67.0 Å². The Morgan fingerprint density at radius 3 is 2.79 bits per heavy atom. The molecule has 1 aromatic rings. The first-order valence-electron chi connectivity index (χ1n) is 7.01. The van der Waals surface area contributed by atoms with E-state index in [2.05, 4.69) is 22.4 Å². The van der Waals surface area contributed by atoms with Gasteiger partial charge in [-0.15, -0.1) is 0 Å². The number of aromatic nitrogens is 2. The zero-order chi connectivity index (χ0) is 13.8. The number of anilines is 1. The van der Waals surface area contributed by atoms with Gasteiger partial charge < -0.3 is 10.1 Å². The molecule has 0 saturated heterocycles. The van der Waals surface area contributed by atoms with Crippen LogP contribution in [0.25, 0.3) is 0 Å². The SMILES string of the molecule is Cc1n[nH]c(C)c1NC(=O)CO[C@H]1CCCC[C@@H]1C. The number of nitrogens with one attached hydrogen (secondary N) is 2. The number of hydrogen-bond donors (Lipinski definition) is 2. The molecule has 0 radical (unpaired) electrons. The first-order valence-corrected chi connectivity index (χ1v) is 7.01. The van der Waals surface area contributed by atoms with Gasteiger partial charge in [0.25, 0.3) is 0 Å². The fourth-order valence-corrected chi connectivity index (χ4v) is 2.62. The number of carbonyl (C=O) groups is 1. The molecule has 0 aliphatic heterocycles. The maximum Gasteiger partial charge on any atom is 0.250 e. The molecule has 5 nitrogen and oxygen atoms in total. The third kappa shape index (κ3) is 3.56. The highest BCUT2D eigenvalue weighted by Crippen LogP contribution is 2.26. The second-order valence-electron chi connectivity index (χ2n) is 5.47. The lowest BCUT2D eigenvalue weighted by Gasteiger charge is -2.28. The van der Waals surface area contributed by atoms with Crippen LogP contribution in [-0.2, 0) is 9.53 Å². The van der Waals surface area contributed by atoms with Gasteiger partial charge in [0, 0.05) is 0 Å². The third-order valence-corrected chi connectivity index (χ3v) is 3.85. The molecule has 19 heavy (non-hydrogen) atoms. The monoisotopic (exact) mass is 265 g/mol. The number of ether oxygens (including phenoxy) is 1. The number of aromatic amines is 1. The Bertz CT molecular complexity index is 422. The number of carbonyl (C=O) groups excluding carboxylic acids is 1. The summed E-state index contributed by atoms with van der Waals surface area (Å²) >= 11 is 0. The van der Waals surface area contributed by atoms with Crippen LogP contribution in [0.5, 0.6) is 0 Å². The molecule has 0 bridgehead atoms. The summed E-state index contributed by atoms with van der Waals surface area (Å²) in [6.45, 7) is 6.08. The van der Waals surface area contributed by atoms with Crippen molar-refractivity contribution in [2.45, 2.75) is 52.6 Å². The number of nitrogens with zero attached hydrogens (tertiary/aromatic N) is 1. The fraction of sp³-hybridized carbons (Fsp3) is 0.714. The summed E-state index contributed by atoms with van der Waals surface area (Å²) in [5.74, 6) is 0.448. The van der Waals surface area contributed by atoms with Gasteiger partial charge in [0.05, 0.1) is 23.2 Å². The summed E-state index contributed by atoms with van der Waals surface area (Å²) < 4.78 is 5.74. The zero-order valence-electron chi connectivity index (χ0n) is 12.0. The molecule has 1 aromatic heterocycles. The first-order chi connectivity index (χ1) is 9.08. The van der Waals surface area contributed by atoms with Crippen molar-refractivity contribution in [3.63, 3.8) is 0 Å². The van der Waals surface area contributed by atoms with Crippen LogP contribution in [0.3, 0.4) is 0 Å². The standard InChI is InChI=1S/C14H23N3O2/c1-9-6-4-5-7-12(9)19-8-13(18)15-14-10(2)16-17-11(14)3/h9,12H,4-8H2,1-3H3,(H,15,18)(H,16,17)/t9-,12-/m0/s1. The van der Waals surface area contributed by atoms with E-state index in [-0.39, 0.29) is 18.6 Å². The molecule has 106 valence electrons. The molecular weight excluding hydrogens is 242 g/mol. The maximum absolute atomic E-state index is 11.9. The molecule has 2 N–H and O–H groups in total. The molecule has 1 amide bonds. The predicted molar refractivity (Wildman–Crippen MR) is 74.1 cm³/mol. The van der Waals surface area contributed by atoms with Crippen molar-refractivity contribution in [3.8, 4) is 0 Å². The molecule has 1 heterocycles. The van der Waals surface area contributed by atoms with E-state index in [1.807, 2.05) is 13.8 Å². The second kappa shape index (κ2) is 6.19. The minimum absolute atomic E-state index is 0.106. The summed E-state index contributed by atoms with van der Waals surface area (Å²) in [5.41, 5.74) is 2.44.